The highest BCUT2D eigenvalue weighted by molar-refractivity contribution is 5.73. The van der Waals surface area contributed by atoms with Gasteiger partial charge in [-0.15, -0.1) is 0 Å². The molecule has 3 aliphatic rings. The molecule has 0 N–H and O–H groups in total. The van der Waals surface area contributed by atoms with Crippen molar-refractivity contribution in [1.82, 2.24) is 9.80 Å². The number of carbonyl (C=O) groups excluding carboxylic acids is 2. The van der Waals surface area contributed by atoms with Crippen LogP contribution >= 0.6 is 0 Å². The Morgan fingerprint density at radius 2 is 1.71 bits per heavy atom. The standard InChI is InChI=1S/C15H26N2O4/c1-5-20-13(18)9-16-7-11-6-12(8-16)17(11)10-14(19)21-15(2,3)4/h11-12H,5-10H2,1-4H3/t11-,12+. The summed E-state index contributed by atoms with van der Waals surface area (Å²) < 4.78 is 10.3. The number of hydrogen-bond donors (Lipinski definition) is 0. The van der Waals surface area contributed by atoms with Crippen molar-refractivity contribution in [2.75, 3.05) is 32.8 Å². The zero-order valence-corrected chi connectivity index (χ0v) is 13.4. The third-order valence-electron chi connectivity index (χ3n) is 3.81. The van der Waals surface area contributed by atoms with E-state index in [0.717, 1.165) is 19.5 Å². The maximum absolute atomic E-state index is 11.9. The van der Waals surface area contributed by atoms with Gasteiger partial charge < -0.3 is 9.47 Å². The van der Waals surface area contributed by atoms with Gasteiger partial charge >= 0.3 is 11.9 Å². The molecule has 3 fully saturated rings. The summed E-state index contributed by atoms with van der Waals surface area (Å²) >= 11 is 0. The fraction of sp³-hybridized carbons (Fsp3) is 0.867. The van der Waals surface area contributed by atoms with Crippen molar-refractivity contribution in [3.63, 3.8) is 0 Å². The van der Waals surface area contributed by atoms with E-state index in [1.54, 1.807) is 0 Å². The summed E-state index contributed by atoms with van der Waals surface area (Å²) in [5.74, 6) is -0.339. The minimum atomic E-state index is -0.437. The number of piperazine rings is 1. The molecule has 2 atom stereocenters. The van der Waals surface area contributed by atoms with Gasteiger partial charge in [-0.3, -0.25) is 19.4 Å². The second kappa shape index (κ2) is 6.32. The molecule has 21 heavy (non-hydrogen) atoms. The molecule has 3 heterocycles. The topological polar surface area (TPSA) is 59.1 Å². The lowest BCUT2D eigenvalue weighted by molar-refractivity contribution is -0.165. The molecule has 3 saturated heterocycles. The van der Waals surface area contributed by atoms with Gasteiger partial charge in [0.1, 0.15) is 5.60 Å². The summed E-state index contributed by atoms with van der Waals surface area (Å²) in [5, 5.41) is 0. The summed E-state index contributed by atoms with van der Waals surface area (Å²) in [6.07, 6.45) is 1.10. The molecule has 6 heteroatoms. The van der Waals surface area contributed by atoms with Crippen LogP contribution in [0.3, 0.4) is 0 Å². The van der Waals surface area contributed by atoms with Gasteiger partial charge in [-0.1, -0.05) is 0 Å². The maximum atomic E-state index is 11.9. The number of esters is 2. The van der Waals surface area contributed by atoms with E-state index >= 15 is 0 Å². The highest BCUT2D eigenvalue weighted by atomic mass is 16.6. The van der Waals surface area contributed by atoms with Gasteiger partial charge in [0.15, 0.2) is 0 Å². The first-order valence-corrected chi connectivity index (χ1v) is 7.64. The molecule has 0 aromatic heterocycles. The van der Waals surface area contributed by atoms with Crippen LogP contribution in [0.1, 0.15) is 34.1 Å². The number of rotatable bonds is 5. The minimum Gasteiger partial charge on any atom is -0.465 e. The molecule has 0 aliphatic carbocycles. The van der Waals surface area contributed by atoms with E-state index in [2.05, 4.69) is 9.80 Å². The maximum Gasteiger partial charge on any atom is 0.320 e. The van der Waals surface area contributed by atoms with E-state index in [-0.39, 0.29) is 11.9 Å². The Labute approximate surface area is 126 Å². The van der Waals surface area contributed by atoms with Crippen LogP contribution in [0, 0.1) is 0 Å². The number of ether oxygens (including phenoxy) is 2. The average molecular weight is 298 g/mol. The van der Waals surface area contributed by atoms with E-state index in [9.17, 15) is 9.59 Å². The zero-order chi connectivity index (χ0) is 15.6. The van der Waals surface area contributed by atoms with E-state index in [0.29, 0.717) is 31.8 Å². The van der Waals surface area contributed by atoms with Gasteiger partial charge in [0, 0.05) is 25.2 Å². The Morgan fingerprint density at radius 1 is 1.10 bits per heavy atom. The van der Waals surface area contributed by atoms with Crippen molar-refractivity contribution < 1.29 is 19.1 Å². The van der Waals surface area contributed by atoms with Crippen LogP contribution in [0.4, 0.5) is 0 Å². The molecule has 0 unspecified atom stereocenters. The molecule has 6 nitrogen and oxygen atoms in total. The monoisotopic (exact) mass is 298 g/mol. The van der Waals surface area contributed by atoms with Gasteiger partial charge in [-0.25, -0.2) is 0 Å². The fourth-order valence-electron chi connectivity index (χ4n) is 3.07. The Bertz CT molecular complexity index is 393. The van der Waals surface area contributed by atoms with Crippen LogP contribution in [0.25, 0.3) is 0 Å². The van der Waals surface area contributed by atoms with Crippen LogP contribution < -0.4 is 0 Å². The lowest BCUT2D eigenvalue weighted by atomic mass is 9.87. The highest BCUT2D eigenvalue weighted by Crippen LogP contribution is 2.32. The smallest absolute Gasteiger partial charge is 0.320 e. The van der Waals surface area contributed by atoms with Gasteiger partial charge in [-0.2, -0.15) is 0 Å². The number of piperidine rings is 1. The van der Waals surface area contributed by atoms with Gasteiger partial charge in [0.05, 0.1) is 19.7 Å². The Hall–Kier alpha value is -1.14. The number of hydrogen-bond acceptors (Lipinski definition) is 6. The van der Waals surface area contributed by atoms with E-state index in [4.69, 9.17) is 9.47 Å². The number of nitrogens with zero attached hydrogens (tertiary/aromatic N) is 2. The first-order valence-electron chi connectivity index (χ1n) is 7.64. The van der Waals surface area contributed by atoms with Crippen molar-refractivity contribution in [3.8, 4) is 0 Å². The molecule has 0 spiro atoms. The highest BCUT2D eigenvalue weighted by Gasteiger charge is 2.45. The van der Waals surface area contributed by atoms with Gasteiger partial charge in [0.25, 0.3) is 0 Å². The summed E-state index contributed by atoms with van der Waals surface area (Å²) in [6, 6.07) is 0.705. The molecule has 0 aromatic rings. The molecule has 3 aliphatic heterocycles. The summed E-state index contributed by atoms with van der Waals surface area (Å²) in [5.41, 5.74) is -0.437. The van der Waals surface area contributed by atoms with Crippen LogP contribution in [-0.2, 0) is 19.1 Å². The average Bonchev–Trinajstić information content (AvgIpc) is 2.34. The first-order chi connectivity index (χ1) is 9.78. The van der Waals surface area contributed by atoms with Gasteiger partial charge in [0.2, 0.25) is 0 Å². The van der Waals surface area contributed by atoms with Crippen LogP contribution in [0.15, 0.2) is 0 Å². The predicted octanol–water partition coefficient (Wildman–Crippen LogP) is 0.650. The molecule has 0 radical (unpaired) electrons. The zero-order valence-electron chi connectivity index (χ0n) is 13.4. The molecule has 2 bridgehead atoms. The van der Waals surface area contributed by atoms with Crippen molar-refractivity contribution >= 4 is 11.9 Å². The van der Waals surface area contributed by atoms with Crippen molar-refractivity contribution in [2.45, 2.75) is 51.8 Å². The number of fused-ring (bicyclic) bond motifs is 2. The Morgan fingerprint density at radius 3 is 2.24 bits per heavy atom. The SMILES string of the molecule is CCOC(=O)CN1C[C@H]2C[C@@H](C1)N2CC(=O)OC(C)(C)C. The fourth-order valence-corrected chi connectivity index (χ4v) is 3.07. The molecule has 3 rings (SSSR count). The Kier molecular flexibility index (Phi) is 4.88. The molecule has 0 aromatic carbocycles. The normalized spacial score (nSPS) is 26.1. The molecular weight excluding hydrogens is 272 g/mol. The third kappa shape index (κ3) is 4.41. The van der Waals surface area contributed by atoms with E-state index in [1.807, 2.05) is 27.7 Å². The lowest BCUT2D eigenvalue weighted by Gasteiger charge is -2.55. The van der Waals surface area contributed by atoms with E-state index in [1.165, 1.54) is 0 Å². The molecule has 0 saturated carbocycles. The van der Waals surface area contributed by atoms with Crippen LogP contribution in [-0.4, -0.2) is 72.2 Å². The van der Waals surface area contributed by atoms with Gasteiger partial charge in [-0.05, 0) is 34.1 Å². The third-order valence-corrected chi connectivity index (χ3v) is 3.81. The molecule has 120 valence electrons. The second-order valence-electron chi connectivity index (χ2n) is 6.80. The molecular formula is C15H26N2O4. The predicted molar refractivity (Wildman–Crippen MR) is 77.8 cm³/mol. The summed E-state index contributed by atoms with van der Waals surface area (Å²) in [7, 11) is 0. The summed E-state index contributed by atoms with van der Waals surface area (Å²) in [4.78, 5) is 27.7. The quantitative estimate of drug-likeness (QED) is 0.695. The first kappa shape index (κ1) is 16.2. The minimum absolute atomic E-state index is 0.169. The van der Waals surface area contributed by atoms with Crippen LogP contribution in [0.5, 0.6) is 0 Å². The summed E-state index contributed by atoms with van der Waals surface area (Å²) in [6.45, 7) is 10.2. The lowest BCUT2D eigenvalue weighted by Crippen LogP contribution is -2.69. The van der Waals surface area contributed by atoms with Crippen molar-refractivity contribution in [1.29, 1.82) is 0 Å². The van der Waals surface area contributed by atoms with Crippen LogP contribution in [0.2, 0.25) is 0 Å². The number of carbonyl (C=O) groups is 2. The second-order valence-corrected chi connectivity index (χ2v) is 6.80. The van der Waals surface area contributed by atoms with Crippen molar-refractivity contribution in [2.24, 2.45) is 0 Å². The largest absolute Gasteiger partial charge is 0.465 e. The Balaban J connectivity index is 1.76. The molecule has 0 amide bonds. The van der Waals surface area contributed by atoms with Crippen molar-refractivity contribution in [3.05, 3.63) is 0 Å². The van der Waals surface area contributed by atoms with E-state index < -0.39 is 5.60 Å².